The van der Waals surface area contributed by atoms with Gasteiger partial charge in [0.1, 0.15) is 11.6 Å². The highest BCUT2D eigenvalue weighted by Gasteiger charge is 2.19. The maximum absolute atomic E-state index is 13.0. The molecule has 1 saturated carbocycles. The van der Waals surface area contributed by atoms with E-state index in [9.17, 15) is 4.39 Å². The molecule has 1 N–H and O–H groups in total. The largest absolute Gasteiger partial charge is 0.494 e. The highest BCUT2D eigenvalue weighted by Crippen LogP contribution is 2.18. The van der Waals surface area contributed by atoms with Crippen LogP contribution in [0, 0.1) is 12.7 Å². The minimum atomic E-state index is -0.173. The molecule has 0 heterocycles. The van der Waals surface area contributed by atoms with Crippen LogP contribution in [0.5, 0.6) is 5.75 Å². The molecule has 0 aliphatic heterocycles. The summed E-state index contributed by atoms with van der Waals surface area (Å²) in [5.41, 5.74) is 0.640. The third-order valence-corrected chi connectivity index (χ3v) is 3.23. The summed E-state index contributed by atoms with van der Waals surface area (Å²) in [5, 5.41) is 3.50. The zero-order valence-electron chi connectivity index (χ0n) is 11.0. The first kappa shape index (κ1) is 13.3. The van der Waals surface area contributed by atoms with Crippen molar-refractivity contribution in [2.24, 2.45) is 0 Å². The van der Waals surface area contributed by atoms with E-state index in [2.05, 4.69) is 5.32 Å². The fraction of sp³-hybridized carbons (Fsp3) is 0.600. The standard InChI is InChI=1S/C15H22FNO/c1-12-11-14(7-8-15(12)16)18-10-4-2-3-9-17-13-5-6-13/h7-8,11,13,17H,2-6,9-10H2,1H3. The average molecular weight is 251 g/mol. The van der Waals surface area contributed by atoms with Crippen molar-refractivity contribution in [3.8, 4) is 5.75 Å². The zero-order valence-corrected chi connectivity index (χ0v) is 11.0. The Balaban J connectivity index is 1.52. The molecule has 0 spiro atoms. The second kappa shape index (κ2) is 6.74. The molecule has 0 unspecified atom stereocenters. The number of unbranched alkanes of at least 4 members (excludes halogenated alkanes) is 2. The minimum Gasteiger partial charge on any atom is -0.494 e. The number of rotatable bonds is 8. The van der Waals surface area contributed by atoms with Crippen LogP contribution in [0.3, 0.4) is 0 Å². The lowest BCUT2D eigenvalue weighted by Crippen LogP contribution is -2.17. The van der Waals surface area contributed by atoms with Crippen molar-refractivity contribution < 1.29 is 9.13 Å². The molecule has 1 fully saturated rings. The van der Waals surface area contributed by atoms with E-state index in [-0.39, 0.29) is 5.82 Å². The van der Waals surface area contributed by atoms with Crippen LogP contribution in [0.1, 0.15) is 37.7 Å². The Bertz CT molecular complexity index is 377. The van der Waals surface area contributed by atoms with Crippen LogP contribution >= 0.6 is 0 Å². The van der Waals surface area contributed by atoms with Gasteiger partial charge in [0.25, 0.3) is 0 Å². The summed E-state index contributed by atoms with van der Waals surface area (Å²) in [4.78, 5) is 0. The first-order chi connectivity index (χ1) is 8.75. The van der Waals surface area contributed by atoms with E-state index in [0.717, 1.165) is 24.8 Å². The Morgan fingerprint density at radius 1 is 1.28 bits per heavy atom. The van der Waals surface area contributed by atoms with E-state index in [4.69, 9.17) is 4.74 Å². The quantitative estimate of drug-likeness (QED) is 0.715. The Hall–Kier alpha value is -1.09. The van der Waals surface area contributed by atoms with Gasteiger partial charge in [-0.1, -0.05) is 0 Å². The molecule has 0 radical (unpaired) electrons. The van der Waals surface area contributed by atoms with E-state index in [1.54, 1.807) is 19.1 Å². The van der Waals surface area contributed by atoms with E-state index in [1.165, 1.54) is 31.7 Å². The van der Waals surface area contributed by atoms with Gasteiger partial charge in [-0.05, 0) is 69.3 Å². The van der Waals surface area contributed by atoms with Gasteiger partial charge in [-0.3, -0.25) is 0 Å². The second-order valence-corrected chi connectivity index (χ2v) is 5.05. The Morgan fingerprint density at radius 2 is 2.11 bits per heavy atom. The molecule has 1 aromatic rings. The predicted octanol–water partition coefficient (Wildman–Crippen LogP) is 3.44. The van der Waals surface area contributed by atoms with Crippen molar-refractivity contribution in [2.45, 2.75) is 45.1 Å². The predicted molar refractivity (Wildman–Crippen MR) is 71.5 cm³/mol. The molecule has 1 aliphatic rings. The number of hydrogen-bond donors (Lipinski definition) is 1. The fourth-order valence-electron chi connectivity index (χ4n) is 1.89. The summed E-state index contributed by atoms with van der Waals surface area (Å²) in [7, 11) is 0. The number of hydrogen-bond acceptors (Lipinski definition) is 2. The zero-order chi connectivity index (χ0) is 12.8. The maximum Gasteiger partial charge on any atom is 0.126 e. The number of benzene rings is 1. The highest BCUT2D eigenvalue weighted by molar-refractivity contribution is 5.28. The summed E-state index contributed by atoms with van der Waals surface area (Å²) in [5.74, 6) is 0.596. The number of halogens is 1. The van der Waals surface area contributed by atoms with E-state index in [1.807, 2.05) is 0 Å². The van der Waals surface area contributed by atoms with Gasteiger partial charge >= 0.3 is 0 Å². The molecule has 2 nitrogen and oxygen atoms in total. The molecule has 100 valence electrons. The molecule has 18 heavy (non-hydrogen) atoms. The number of ether oxygens (including phenoxy) is 1. The minimum absolute atomic E-state index is 0.173. The first-order valence-corrected chi connectivity index (χ1v) is 6.88. The maximum atomic E-state index is 13.0. The molecule has 1 aromatic carbocycles. The summed E-state index contributed by atoms with van der Waals surface area (Å²) < 4.78 is 18.6. The van der Waals surface area contributed by atoms with Crippen LogP contribution in [-0.4, -0.2) is 19.2 Å². The van der Waals surface area contributed by atoms with Gasteiger partial charge in [0.05, 0.1) is 6.61 Å². The van der Waals surface area contributed by atoms with E-state index >= 15 is 0 Å². The second-order valence-electron chi connectivity index (χ2n) is 5.05. The van der Waals surface area contributed by atoms with Gasteiger partial charge in [0.2, 0.25) is 0 Å². The van der Waals surface area contributed by atoms with Crippen LogP contribution < -0.4 is 10.1 Å². The third-order valence-electron chi connectivity index (χ3n) is 3.23. The molecule has 2 rings (SSSR count). The van der Waals surface area contributed by atoms with Gasteiger partial charge in [0, 0.05) is 6.04 Å². The third kappa shape index (κ3) is 4.65. The lowest BCUT2D eigenvalue weighted by atomic mass is 10.2. The summed E-state index contributed by atoms with van der Waals surface area (Å²) in [6.45, 7) is 3.60. The lowest BCUT2D eigenvalue weighted by molar-refractivity contribution is 0.304. The Labute approximate surface area is 109 Å². The summed E-state index contributed by atoms with van der Waals surface area (Å²) in [6.07, 6.45) is 6.16. The molecule has 1 aliphatic carbocycles. The molecule has 3 heteroatoms. The smallest absolute Gasteiger partial charge is 0.126 e. The Kier molecular flexibility index (Phi) is 5.00. The summed E-state index contributed by atoms with van der Waals surface area (Å²) >= 11 is 0. The SMILES string of the molecule is Cc1cc(OCCCCCNC2CC2)ccc1F. The van der Waals surface area contributed by atoms with E-state index in [0.29, 0.717) is 12.2 Å². The van der Waals surface area contributed by atoms with Crippen molar-refractivity contribution in [1.82, 2.24) is 5.32 Å². The highest BCUT2D eigenvalue weighted by atomic mass is 19.1. The van der Waals surface area contributed by atoms with Crippen LogP contribution in [0.15, 0.2) is 18.2 Å². The van der Waals surface area contributed by atoms with Crippen molar-refractivity contribution >= 4 is 0 Å². The van der Waals surface area contributed by atoms with Crippen LogP contribution in [0.4, 0.5) is 4.39 Å². The normalized spacial score (nSPS) is 14.8. The molecule has 0 saturated heterocycles. The number of aryl methyl sites for hydroxylation is 1. The van der Waals surface area contributed by atoms with Gasteiger partial charge in [-0.25, -0.2) is 4.39 Å². The molecule has 0 atom stereocenters. The van der Waals surface area contributed by atoms with Gasteiger partial charge in [0.15, 0.2) is 0 Å². The van der Waals surface area contributed by atoms with Crippen LogP contribution in [0.25, 0.3) is 0 Å². The molecular weight excluding hydrogens is 229 g/mol. The Morgan fingerprint density at radius 3 is 2.83 bits per heavy atom. The van der Waals surface area contributed by atoms with Crippen LogP contribution in [0.2, 0.25) is 0 Å². The molecule has 0 bridgehead atoms. The molecule has 0 amide bonds. The summed E-state index contributed by atoms with van der Waals surface area (Å²) in [6, 6.07) is 5.72. The average Bonchev–Trinajstić information content (AvgIpc) is 3.16. The van der Waals surface area contributed by atoms with Crippen molar-refractivity contribution in [2.75, 3.05) is 13.2 Å². The van der Waals surface area contributed by atoms with E-state index < -0.39 is 0 Å². The molecular formula is C15H22FNO. The topological polar surface area (TPSA) is 21.3 Å². The van der Waals surface area contributed by atoms with Crippen molar-refractivity contribution in [3.05, 3.63) is 29.6 Å². The molecule has 0 aromatic heterocycles. The van der Waals surface area contributed by atoms with Crippen molar-refractivity contribution in [3.63, 3.8) is 0 Å². The van der Waals surface area contributed by atoms with Gasteiger partial charge in [-0.15, -0.1) is 0 Å². The number of nitrogens with one attached hydrogen (secondary N) is 1. The van der Waals surface area contributed by atoms with Gasteiger partial charge in [-0.2, -0.15) is 0 Å². The van der Waals surface area contributed by atoms with Crippen LogP contribution in [-0.2, 0) is 0 Å². The van der Waals surface area contributed by atoms with Gasteiger partial charge < -0.3 is 10.1 Å². The fourth-order valence-corrected chi connectivity index (χ4v) is 1.89. The monoisotopic (exact) mass is 251 g/mol. The van der Waals surface area contributed by atoms with Crippen molar-refractivity contribution in [1.29, 1.82) is 0 Å². The first-order valence-electron chi connectivity index (χ1n) is 6.88. The lowest BCUT2D eigenvalue weighted by Gasteiger charge is -2.07.